The number of hydrogen-bond donors (Lipinski definition) is 3. The third kappa shape index (κ3) is 5.04. The number of carbonyl (C=O) groups excluding carboxylic acids is 1. The van der Waals surface area contributed by atoms with E-state index in [0.717, 1.165) is 40.2 Å². The fourth-order valence-corrected chi connectivity index (χ4v) is 4.14. The van der Waals surface area contributed by atoms with Gasteiger partial charge in [-0.3, -0.25) is 4.79 Å². The molecule has 33 heavy (non-hydrogen) atoms. The van der Waals surface area contributed by atoms with E-state index in [1.165, 1.54) is 16.7 Å². The third-order valence-electron chi connectivity index (χ3n) is 5.50. The Balaban J connectivity index is 1.20. The van der Waals surface area contributed by atoms with Crippen LogP contribution in [0.4, 0.5) is 23.1 Å². The normalized spacial score (nSPS) is 12.2. The molecule has 0 fully saturated rings. The first-order valence-corrected chi connectivity index (χ1v) is 11.5. The van der Waals surface area contributed by atoms with Crippen LogP contribution in [0.15, 0.2) is 83.5 Å². The van der Waals surface area contributed by atoms with Crippen LogP contribution in [-0.4, -0.2) is 22.4 Å². The molecule has 0 saturated heterocycles. The molecule has 4 aromatic rings. The summed E-state index contributed by atoms with van der Waals surface area (Å²) in [5.74, 6) is 1.24. The third-order valence-corrected chi connectivity index (χ3v) is 6.08. The van der Waals surface area contributed by atoms with Gasteiger partial charge >= 0.3 is 0 Å². The van der Waals surface area contributed by atoms with Gasteiger partial charge in [0.1, 0.15) is 5.82 Å². The van der Waals surface area contributed by atoms with Gasteiger partial charge in [0.15, 0.2) is 0 Å². The Morgan fingerprint density at radius 1 is 0.970 bits per heavy atom. The number of amides is 1. The lowest BCUT2D eigenvalue weighted by molar-refractivity contribution is -0.115. The minimum atomic E-state index is 0.0169. The molecule has 0 atom stereocenters. The van der Waals surface area contributed by atoms with Gasteiger partial charge in [-0.25, -0.2) is 4.98 Å². The molecule has 1 aliphatic heterocycles. The van der Waals surface area contributed by atoms with Gasteiger partial charge in [-0.05, 0) is 62.8 Å². The minimum absolute atomic E-state index is 0.0169. The van der Waals surface area contributed by atoms with Gasteiger partial charge in [-0.2, -0.15) is 4.98 Å². The Morgan fingerprint density at radius 2 is 1.76 bits per heavy atom. The number of aromatic nitrogens is 2. The zero-order valence-electron chi connectivity index (χ0n) is 17.8. The Hall–Kier alpha value is -3.71. The Bertz CT molecular complexity index is 1290. The lowest BCUT2D eigenvalue weighted by atomic mass is 10.0. The zero-order chi connectivity index (χ0) is 22.6. The summed E-state index contributed by atoms with van der Waals surface area (Å²) >= 11 is 3.52. The summed E-state index contributed by atoms with van der Waals surface area (Å²) in [7, 11) is 0. The zero-order valence-corrected chi connectivity index (χ0v) is 19.4. The Labute approximate surface area is 200 Å². The fraction of sp³-hybridized carbons (Fsp3) is 0.115. The van der Waals surface area contributed by atoms with Crippen molar-refractivity contribution in [2.45, 2.75) is 12.8 Å². The monoisotopic (exact) mass is 499 g/mol. The largest absolute Gasteiger partial charge is 0.369 e. The molecule has 5 rings (SSSR count). The molecular weight excluding hydrogens is 478 g/mol. The van der Waals surface area contributed by atoms with Crippen molar-refractivity contribution in [1.29, 1.82) is 0 Å². The van der Waals surface area contributed by atoms with Crippen LogP contribution < -0.4 is 16.0 Å². The summed E-state index contributed by atoms with van der Waals surface area (Å²) in [5.41, 5.74) is 6.37. The molecule has 1 amide bonds. The van der Waals surface area contributed by atoms with Gasteiger partial charge in [0.05, 0.1) is 10.9 Å². The first-order valence-electron chi connectivity index (χ1n) is 10.7. The summed E-state index contributed by atoms with van der Waals surface area (Å²) in [5, 5.41) is 9.45. The van der Waals surface area contributed by atoms with E-state index in [1.54, 1.807) is 6.20 Å². The molecule has 3 N–H and O–H groups in total. The molecule has 3 aromatic carbocycles. The highest BCUT2D eigenvalue weighted by molar-refractivity contribution is 9.10. The van der Waals surface area contributed by atoms with Crippen LogP contribution in [0.25, 0.3) is 11.1 Å². The van der Waals surface area contributed by atoms with Crippen LogP contribution in [-0.2, 0) is 17.6 Å². The molecule has 0 unspecified atom stereocenters. The van der Waals surface area contributed by atoms with Crippen molar-refractivity contribution in [3.8, 4) is 11.1 Å². The van der Waals surface area contributed by atoms with Crippen LogP contribution in [0.2, 0.25) is 0 Å². The van der Waals surface area contributed by atoms with Crippen molar-refractivity contribution < 1.29 is 4.79 Å². The molecule has 1 aliphatic rings. The summed E-state index contributed by atoms with van der Waals surface area (Å²) in [6.45, 7) is 0.742. The quantitative estimate of drug-likeness (QED) is 0.299. The minimum Gasteiger partial charge on any atom is -0.369 e. The van der Waals surface area contributed by atoms with Crippen molar-refractivity contribution >= 4 is 45.0 Å². The van der Waals surface area contributed by atoms with Crippen LogP contribution in [0, 0.1) is 0 Å². The van der Waals surface area contributed by atoms with Gasteiger partial charge in [0.2, 0.25) is 11.9 Å². The number of anilines is 4. The van der Waals surface area contributed by atoms with Gasteiger partial charge in [0.25, 0.3) is 0 Å². The van der Waals surface area contributed by atoms with E-state index in [2.05, 4.69) is 90.4 Å². The second-order valence-corrected chi connectivity index (χ2v) is 8.71. The molecule has 1 aromatic heterocycles. The molecule has 6 nitrogen and oxygen atoms in total. The molecule has 0 spiro atoms. The molecule has 0 saturated carbocycles. The number of halogens is 1. The SMILES string of the molecule is O=C1Cc2cc(Nc3ncc(Br)c(NCCc4ccc(-c5ccccc5)cc4)n3)ccc2N1. The lowest BCUT2D eigenvalue weighted by Gasteiger charge is -2.11. The number of nitrogens with one attached hydrogen (secondary N) is 3. The number of hydrogen-bond acceptors (Lipinski definition) is 5. The summed E-state index contributed by atoms with van der Waals surface area (Å²) in [6, 6.07) is 24.8. The second kappa shape index (κ2) is 9.42. The van der Waals surface area contributed by atoms with Crippen molar-refractivity contribution in [3.63, 3.8) is 0 Å². The van der Waals surface area contributed by atoms with Crippen molar-refractivity contribution in [3.05, 3.63) is 94.6 Å². The highest BCUT2D eigenvalue weighted by Crippen LogP contribution is 2.28. The van der Waals surface area contributed by atoms with Crippen molar-refractivity contribution in [1.82, 2.24) is 9.97 Å². The van der Waals surface area contributed by atoms with E-state index in [4.69, 9.17) is 0 Å². The first-order chi connectivity index (χ1) is 16.1. The fourth-order valence-electron chi connectivity index (χ4n) is 3.81. The number of carbonyl (C=O) groups is 1. The number of nitrogens with zero attached hydrogens (tertiary/aromatic N) is 2. The summed E-state index contributed by atoms with van der Waals surface area (Å²) in [4.78, 5) is 20.5. The number of fused-ring (bicyclic) bond motifs is 1. The van der Waals surface area contributed by atoms with E-state index in [9.17, 15) is 4.79 Å². The average Bonchev–Trinajstić information content (AvgIpc) is 3.21. The van der Waals surface area contributed by atoms with Crippen LogP contribution in [0.1, 0.15) is 11.1 Å². The van der Waals surface area contributed by atoms with Crippen molar-refractivity contribution in [2.75, 3.05) is 22.5 Å². The molecule has 164 valence electrons. The molecule has 7 heteroatoms. The van der Waals surface area contributed by atoms with Crippen LogP contribution in [0.5, 0.6) is 0 Å². The molecule has 2 heterocycles. The highest BCUT2D eigenvalue weighted by Gasteiger charge is 2.17. The maximum atomic E-state index is 11.6. The van der Waals surface area contributed by atoms with Gasteiger partial charge < -0.3 is 16.0 Å². The smallest absolute Gasteiger partial charge is 0.229 e. The average molecular weight is 500 g/mol. The summed E-state index contributed by atoms with van der Waals surface area (Å²) < 4.78 is 0.802. The Morgan fingerprint density at radius 3 is 2.58 bits per heavy atom. The topological polar surface area (TPSA) is 78.9 Å². The maximum absolute atomic E-state index is 11.6. The summed E-state index contributed by atoms with van der Waals surface area (Å²) in [6.07, 6.45) is 3.00. The van der Waals surface area contributed by atoms with Gasteiger partial charge in [-0.15, -0.1) is 0 Å². The predicted molar refractivity (Wildman–Crippen MR) is 136 cm³/mol. The highest BCUT2D eigenvalue weighted by atomic mass is 79.9. The molecule has 0 bridgehead atoms. The van der Waals surface area contributed by atoms with E-state index in [1.807, 2.05) is 24.3 Å². The Kier molecular flexibility index (Phi) is 6.04. The predicted octanol–water partition coefficient (Wildman–Crippen LogP) is 5.80. The molecule has 0 radical (unpaired) electrons. The molecular formula is C26H22BrN5O. The van der Waals surface area contributed by atoms with Crippen LogP contribution in [0.3, 0.4) is 0 Å². The molecule has 0 aliphatic carbocycles. The van der Waals surface area contributed by atoms with Crippen molar-refractivity contribution in [2.24, 2.45) is 0 Å². The van der Waals surface area contributed by atoms with E-state index in [-0.39, 0.29) is 5.91 Å². The lowest BCUT2D eigenvalue weighted by Crippen LogP contribution is -2.08. The van der Waals surface area contributed by atoms with E-state index >= 15 is 0 Å². The second-order valence-electron chi connectivity index (χ2n) is 7.85. The van der Waals surface area contributed by atoms with Gasteiger partial charge in [0, 0.05) is 24.1 Å². The van der Waals surface area contributed by atoms with E-state index < -0.39 is 0 Å². The first kappa shape index (κ1) is 21.2. The standard InChI is InChI=1S/C26H22BrN5O/c27-22-16-29-26(30-21-10-11-23-20(14-21)15-24(33)31-23)32-25(22)28-13-12-17-6-8-19(9-7-17)18-4-2-1-3-5-18/h1-11,14,16H,12-13,15H2,(H,31,33)(H2,28,29,30,32). The number of rotatable bonds is 7. The number of benzene rings is 3. The van der Waals surface area contributed by atoms with Crippen LogP contribution >= 0.6 is 15.9 Å². The van der Waals surface area contributed by atoms with E-state index in [0.29, 0.717) is 12.4 Å². The van der Waals surface area contributed by atoms with Gasteiger partial charge in [-0.1, -0.05) is 54.6 Å². The maximum Gasteiger partial charge on any atom is 0.229 e.